The average Bonchev–Trinajstić information content (AvgIpc) is 3.34. The van der Waals surface area contributed by atoms with Crippen molar-refractivity contribution >= 4 is 27.8 Å². The van der Waals surface area contributed by atoms with Gasteiger partial charge in [-0.2, -0.15) is 5.10 Å². The van der Waals surface area contributed by atoms with E-state index < -0.39 is 0 Å². The maximum atomic E-state index is 5.97. The van der Waals surface area contributed by atoms with Gasteiger partial charge in [0.1, 0.15) is 5.01 Å². The number of allylic oxidation sites excluding steroid dienone is 2. The van der Waals surface area contributed by atoms with Gasteiger partial charge in [-0.15, -0.1) is 10.2 Å². The number of nitrogens with zero attached hydrogens (tertiary/aromatic N) is 3. The molecule has 3 atom stereocenters. The number of hydrogen-bond donors (Lipinski definition) is 3. The fraction of sp³-hybridized carbons (Fsp3) is 0.381. The Bertz CT molecular complexity index is 899. The van der Waals surface area contributed by atoms with Crippen LogP contribution in [0.25, 0.3) is 5.57 Å². The predicted molar refractivity (Wildman–Crippen MR) is 116 cm³/mol. The van der Waals surface area contributed by atoms with Gasteiger partial charge in [-0.25, -0.2) is 0 Å². The molecule has 4 N–H and O–H groups in total. The van der Waals surface area contributed by atoms with Crippen LogP contribution in [0.15, 0.2) is 53.7 Å². The quantitative estimate of drug-likeness (QED) is 0.672. The van der Waals surface area contributed by atoms with Crippen LogP contribution in [-0.2, 0) is 6.42 Å². The number of fused-ring (bicyclic) bond motifs is 1. The van der Waals surface area contributed by atoms with Crippen LogP contribution >= 0.6 is 11.3 Å². The third kappa shape index (κ3) is 4.00. The summed E-state index contributed by atoms with van der Waals surface area (Å²) in [4.78, 5) is 0. The number of nitrogens with one attached hydrogen (secondary N) is 2. The molecule has 28 heavy (non-hydrogen) atoms. The second kappa shape index (κ2) is 8.24. The zero-order chi connectivity index (χ0) is 19.5. The van der Waals surface area contributed by atoms with Crippen molar-refractivity contribution < 1.29 is 0 Å². The van der Waals surface area contributed by atoms with Crippen molar-refractivity contribution in [1.29, 1.82) is 0 Å². The van der Waals surface area contributed by atoms with Crippen LogP contribution in [0.4, 0.5) is 5.13 Å². The van der Waals surface area contributed by atoms with E-state index >= 15 is 0 Å². The molecule has 6 nitrogen and oxygen atoms in total. The lowest BCUT2D eigenvalue weighted by Crippen LogP contribution is -2.30. The monoisotopic (exact) mass is 394 g/mol. The van der Waals surface area contributed by atoms with Crippen molar-refractivity contribution in [3.8, 4) is 0 Å². The van der Waals surface area contributed by atoms with Gasteiger partial charge in [-0.05, 0) is 17.9 Å². The summed E-state index contributed by atoms with van der Waals surface area (Å²) in [5.74, 6) is 0.705. The molecule has 1 aromatic heterocycles. The Balaban J connectivity index is 1.46. The molecule has 2 aromatic rings. The van der Waals surface area contributed by atoms with Gasteiger partial charge in [-0.1, -0.05) is 73.7 Å². The molecule has 0 fully saturated rings. The van der Waals surface area contributed by atoms with Gasteiger partial charge < -0.3 is 16.5 Å². The maximum absolute atomic E-state index is 5.97. The summed E-state index contributed by atoms with van der Waals surface area (Å²) < 4.78 is 0. The highest BCUT2D eigenvalue weighted by Gasteiger charge is 2.32. The van der Waals surface area contributed by atoms with Gasteiger partial charge in [0.25, 0.3) is 0 Å². The number of hydrazone groups is 1. The molecule has 1 aliphatic heterocycles. The standard InChI is InChI=1S/C21H26N6S/c1-13(2)19-17-11-15(8-9-18(17)24-25-19)20-26-27-21(28-20)23-16(12-22)10-14-6-4-3-5-7-14/h3-9,11,13,16-18,24H,10,12,22H2,1-2H3,(H,23,27)/t16-,17?,18?/m1/s1. The van der Waals surface area contributed by atoms with Gasteiger partial charge in [0.2, 0.25) is 5.13 Å². The molecule has 7 heteroatoms. The molecule has 0 spiro atoms. The molecule has 4 rings (SSSR count). The summed E-state index contributed by atoms with van der Waals surface area (Å²) in [7, 11) is 0. The first kappa shape index (κ1) is 18.8. The van der Waals surface area contributed by atoms with Crippen LogP contribution in [0.5, 0.6) is 0 Å². The molecule has 1 aromatic carbocycles. The van der Waals surface area contributed by atoms with Crippen LogP contribution in [0.2, 0.25) is 0 Å². The Kier molecular flexibility index (Phi) is 5.54. The first-order chi connectivity index (χ1) is 13.6. The molecule has 146 valence electrons. The van der Waals surface area contributed by atoms with E-state index in [2.05, 4.69) is 70.2 Å². The van der Waals surface area contributed by atoms with Crippen LogP contribution in [0.3, 0.4) is 0 Å². The van der Waals surface area contributed by atoms with E-state index in [4.69, 9.17) is 5.73 Å². The fourth-order valence-electron chi connectivity index (χ4n) is 3.62. The smallest absolute Gasteiger partial charge is 0.206 e. The molecule has 0 bridgehead atoms. The van der Waals surface area contributed by atoms with Crippen molar-refractivity contribution in [1.82, 2.24) is 15.6 Å². The summed E-state index contributed by atoms with van der Waals surface area (Å²) in [5.41, 5.74) is 12.8. The van der Waals surface area contributed by atoms with Crippen molar-refractivity contribution in [3.63, 3.8) is 0 Å². The van der Waals surface area contributed by atoms with Gasteiger partial charge in [0.15, 0.2) is 0 Å². The zero-order valence-corrected chi connectivity index (χ0v) is 17.0. The summed E-state index contributed by atoms with van der Waals surface area (Å²) in [6.07, 6.45) is 7.41. The van der Waals surface area contributed by atoms with Crippen molar-refractivity contribution in [2.45, 2.75) is 32.4 Å². The minimum absolute atomic E-state index is 0.127. The number of anilines is 1. The highest BCUT2D eigenvalue weighted by atomic mass is 32.1. The molecule has 2 heterocycles. The minimum atomic E-state index is 0.127. The number of rotatable bonds is 7. The number of aromatic nitrogens is 2. The number of hydrogen-bond acceptors (Lipinski definition) is 7. The van der Waals surface area contributed by atoms with E-state index in [1.807, 2.05) is 18.2 Å². The van der Waals surface area contributed by atoms with E-state index in [1.54, 1.807) is 11.3 Å². The van der Waals surface area contributed by atoms with Crippen LogP contribution in [-0.4, -0.2) is 34.5 Å². The lowest BCUT2D eigenvalue weighted by molar-refractivity contribution is 0.617. The fourth-order valence-corrected chi connectivity index (χ4v) is 4.44. The Morgan fingerprint density at radius 3 is 2.79 bits per heavy atom. The molecule has 0 amide bonds. The van der Waals surface area contributed by atoms with Crippen molar-refractivity contribution in [3.05, 3.63) is 59.1 Å². The van der Waals surface area contributed by atoms with E-state index in [0.29, 0.717) is 12.5 Å². The first-order valence-corrected chi connectivity index (χ1v) is 10.5. The minimum Gasteiger partial charge on any atom is -0.356 e. The zero-order valence-electron chi connectivity index (χ0n) is 16.2. The third-order valence-corrected chi connectivity index (χ3v) is 6.02. The second-order valence-electron chi connectivity index (χ2n) is 7.53. The van der Waals surface area contributed by atoms with Gasteiger partial charge in [-0.3, -0.25) is 0 Å². The van der Waals surface area contributed by atoms with Crippen molar-refractivity contribution in [2.24, 2.45) is 22.7 Å². The number of benzene rings is 1. The molecule has 1 aliphatic carbocycles. The molecule has 2 aliphatic rings. The second-order valence-corrected chi connectivity index (χ2v) is 8.51. The molecule has 0 saturated heterocycles. The molecular weight excluding hydrogens is 368 g/mol. The topological polar surface area (TPSA) is 88.2 Å². The van der Waals surface area contributed by atoms with E-state index in [0.717, 1.165) is 22.1 Å². The summed E-state index contributed by atoms with van der Waals surface area (Å²) in [5, 5.41) is 18.4. The average molecular weight is 395 g/mol. The van der Waals surface area contributed by atoms with Crippen molar-refractivity contribution in [2.75, 3.05) is 11.9 Å². The Morgan fingerprint density at radius 1 is 1.21 bits per heavy atom. The molecule has 0 saturated carbocycles. The predicted octanol–water partition coefficient (Wildman–Crippen LogP) is 3.07. The van der Waals surface area contributed by atoms with E-state index in [1.165, 1.54) is 11.3 Å². The largest absolute Gasteiger partial charge is 0.356 e. The summed E-state index contributed by atoms with van der Waals surface area (Å²) in [6, 6.07) is 10.7. The van der Waals surface area contributed by atoms with Crippen LogP contribution in [0, 0.1) is 11.8 Å². The SMILES string of the molecule is CC(C)C1=NNC2C=CC(c3nnc(N[C@@H](CN)Cc4ccccc4)s3)=CC12. The molecular formula is C21H26N6S. The lowest BCUT2D eigenvalue weighted by atomic mass is 9.85. The Morgan fingerprint density at radius 2 is 2.04 bits per heavy atom. The Labute approximate surface area is 169 Å². The van der Waals surface area contributed by atoms with Crippen LogP contribution in [0.1, 0.15) is 24.4 Å². The first-order valence-electron chi connectivity index (χ1n) is 9.71. The lowest BCUT2D eigenvalue weighted by Gasteiger charge is -2.20. The molecule has 2 unspecified atom stereocenters. The number of nitrogens with two attached hydrogens (primary N) is 1. The molecule has 0 radical (unpaired) electrons. The van der Waals surface area contributed by atoms with Gasteiger partial charge in [0, 0.05) is 29.8 Å². The highest BCUT2D eigenvalue weighted by molar-refractivity contribution is 7.16. The maximum Gasteiger partial charge on any atom is 0.206 e. The Hall–Kier alpha value is -2.51. The van der Waals surface area contributed by atoms with Crippen LogP contribution < -0.4 is 16.5 Å². The van der Waals surface area contributed by atoms with E-state index in [9.17, 15) is 0 Å². The normalized spacial score (nSPS) is 21.7. The highest BCUT2D eigenvalue weighted by Crippen LogP contribution is 2.32. The summed E-state index contributed by atoms with van der Waals surface area (Å²) >= 11 is 1.57. The van der Waals surface area contributed by atoms with Gasteiger partial charge in [0.05, 0.1) is 6.04 Å². The van der Waals surface area contributed by atoms with E-state index in [-0.39, 0.29) is 18.0 Å². The summed E-state index contributed by atoms with van der Waals surface area (Å²) in [6.45, 7) is 4.90. The third-order valence-electron chi connectivity index (χ3n) is 5.11. The van der Waals surface area contributed by atoms with Gasteiger partial charge >= 0.3 is 0 Å².